The van der Waals surface area contributed by atoms with Gasteiger partial charge in [0.25, 0.3) is 0 Å². The summed E-state index contributed by atoms with van der Waals surface area (Å²) in [5.41, 5.74) is 0. The Morgan fingerprint density at radius 1 is 1.29 bits per heavy atom. The highest BCUT2D eigenvalue weighted by Crippen LogP contribution is 2.33. The molecule has 98 valence electrons. The van der Waals surface area contributed by atoms with Gasteiger partial charge in [0.1, 0.15) is 0 Å². The second-order valence-corrected chi connectivity index (χ2v) is 5.25. The van der Waals surface area contributed by atoms with Crippen LogP contribution in [0.25, 0.3) is 0 Å². The fourth-order valence-electron chi connectivity index (χ4n) is 3.10. The number of nitrogens with one attached hydrogen (secondary N) is 3. The summed E-state index contributed by atoms with van der Waals surface area (Å²) in [4.78, 5) is 12.0. The minimum absolute atomic E-state index is 0.0599. The number of amides is 1. The van der Waals surface area contributed by atoms with Gasteiger partial charge < -0.3 is 16.0 Å². The van der Waals surface area contributed by atoms with Crippen LogP contribution in [0.2, 0.25) is 0 Å². The second kappa shape index (κ2) is 6.36. The monoisotopic (exact) mass is 239 g/mol. The predicted molar refractivity (Wildman–Crippen MR) is 68.8 cm³/mol. The van der Waals surface area contributed by atoms with E-state index in [1.165, 1.54) is 25.7 Å². The van der Waals surface area contributed by atoms with Crippen molar-refractivity contribution < 1.29 is 4.79 Å². The number of hydrogen-bond acceptors (Lipinski definition) is 3. The molecule has 4 nitrogen and oxygen atoms in total. The van der Waals surface area contributed by atoms with Gasteiger partial charge in [0, 0.05) is 19.1 Å². The van der Waals surface area contributed by atoms with Crippen LogP contribution in [0.4, 0.5) is 0 Å². The van der Waals surface area contributed by atoms with Crippen LogP contribution >= 0.6 is 0 Å². The minimum atomic E-state index is 0.0599. The zero-order valence-corrected chi connectivity index (χ0v) is 10.8. The van der Waals surface area contributed by atoms with E-state index in [2.05, 4.69) is 22.9 Å². The fraction of sp³-hybridized carbons (Fsp3) is 0.923. The molecule has 1 heterocycles. The summed E-state index contributed by atoms with van der Waals surface area (Å²) in [5, 5.41) is 9.72. The molecule has 3 N–H and O–H groups in total. The Labute approximate surface area is 104 Å². The van der Waals surface area contributed by atoms with E-state index in [0.29, 0.717) is 6.04 Å². The first-order valence-electron chi connectivity index (χ1n) is 7.05. The van der Waals surface area contributed by atoms with Crippen molar-refractivity contribution in [1.29, 1.82) is 0 Å². The molecular formula is C13H25N3O. The molecule has 1 aliphatic heterocycles. The van der Waals surface area contributed by atoms with Gasteiger partial charge in [0.05, 0.1) is 6.04 Å². The normalized spacial score (nSPS) is 32.2. The van der Waals surface area contributed by atoms with E-state index < -0.39 is 0 Å². The second-order valence-electron chi connectivity index (χ2n) is 5.25. The van der Waals surface area contributed by atoms with Crippen LogP contribution in [0, 0.1) is 5.92 Å². The number of carbonyl (C=O) groups is 1. The van der Waals surface area contributed by atoms with Crippen molar-refractivity contribution in [1.82, 2.24) is 16.0 Å². The quantitative estimate of drug-likeness (QED) is 0.617. The highest BCUT2D eigenvalue weighted by Gasteiger charge is 2.37. The lowest BCUT2D eigenvalue weighted by atomic mass is 9.85. The molecule has 0 bridgehead atoms. The molecule has 1 saturated heterocycles. The van der Waals surface area contributed by atoms with Gasteiger partial charge in [-0.1, -0.05) is 19.8 Å². The van der Waals surface area contributed by atoms with E-state index in [1.807, 2.05) is 0 Å². The smallest absolute Gasteiger partial charge is 0.237 e. The van der Waals surface area contributed by atoms with Crippen LogP contribution in [0.3, 0.4) is 0 Å². The summed E-state index contributed by atoms with van der Waals surface area (Å²) in [6.07, 6.45) is 6.27. The van der Waals surface area contributed by atoms with Gasteiger partial charge in [-0.15, -0.1) is 0 Å². The molecule has 1 saturated carbocycles. The highest BCUT2D eigenvalue weighted by molar-refractivity contribution is 5.82. The average Bonchev–Trinajstić information content (AvgIpc) is 2.78. The molecule has 1 amide bonds. The molecule has 3 atom stereocenters. The van der Waals surface area contributed by atoms with Gasteiger partial charge in [0.15, 0.2) is 0 Å². The molecule has 1 aliphatic carbocycles. The van der Waals surface area contributed by atoms with E-state index >= 15 is 0 Å². The lowest BCUT2D eigenvalue weighted by Gasteiger charge is -2.24. The Morgan fingerprint density at radius 2 is 2.12 bits per heavy atom. The standard InChI is InChI=1S/C13H25N3O/c1-2-14-7-8-15-13(17)12-9-10-5-3-4-6-11(10)16-12/h10-12,14,16H,2-9H2,1H3,(H,15,17). The number of fused-ring (bicyclic) bond motifs is 1. The van der Waals surface area contributed by atoms with Gasteiger partial charge in [-0.25, -0.2) is 0 Å². The summed E-state index contributed by atoms with van der Waals surface area (Å²) in [6, 6.07) is 0.665. The van der Waals surface area contributed by atoms with E-state index in [1.54, 1.807) is 0 Å². The van der Waals surface area contributed by atoms with Gasteiger partial charge >= 0.3 is 0 Å². The Hall–Kier alpha value is -0.610. The third-order valence-electron chi connectivity index (χ3n) is 4.03. The Bertz CT molecular complexity index is 243. The zero-order valence-electron chi connectivity index (χ0n) is 10.8. The molecule has 0 radical (unpaired) electrons. The lowest BCUT2D eigenvalue weighted by Crippen LogP contribution is -2.44. The van der Waals surface area contributed by atoms with E-state index in [9.17, 15) is 4.79 Å². The van der Waals surface area contributed by atoms with Crippen molar-refractivity contribution in [2.24, 2.45) is 5.92 Å². The molecule has 2 fully saturated rings. The molecule has 0 aromatic rings. The Kier molecular flexibility index (Phi) is 4.80. The summed E-state index contributed by atoms with van der Waals surface area (Å²) in [5.74, 6) is 0.936. The SMILES string of the molecule is CCNCCNC(=O)C1CC2CCCCC2N1. The Balaban J connectivity index is 1.70. The van der Waals surface area contributed by atoms with Crippen molar-refractivity contribution in [3.63, 3.8) is 0 Å². The number of hydrogen-bond donors (Lipinski definition) is 3. The van der Waals surface area contributed by atoms with Gasteiger partial charge in [-0.05, 0) is 31.7 Å². The maximum atomic E-state index is 12.0. The summed E-state index contributed by atoms with van der Waals surface area (Å²) >= 11 is 0. The van der Waals surface area contributed by atoms with Gasteiger partial charge in [-0.3, -0.25) is 4.79 Å². The summed E-state index contributed by atoms with van der Waals surface area (Å²) in [7, 11) is 0. The number of rotatable bonds is 5. The zero-order chi connectivity index (χ0) is 12.1. The number of carbonyl (C=O) groups excluding carboxylic acids is 1. The molecule has 2 aliphatic rings. The van der Waals surface area contributed by atoms with E-state index in [-0.39, 0.29) is 11.9 Å². The molecule has 0 aromatic carbocycles. The van der Waals surface area contributed by atoms with Crippen LogP contribution in [0.1, 0.15) is 39.0 Å². The molecular weight excluding hydrogens is 214 g/mol. The Morgan fingerprint density at radius 3 is 2.88 bits per heavy atom. The van der Waals surface area contributed by atoms with Gasteiger partial charge in [-0.2, -0.15) is 0 Å². The molecule has 0 spiro atoms. The third kappa shape index (κ3) is 3.42. The van der Waals surface area contributed by atoms with E-state index in [0.717, 1.165) is 32.0 Å². The number of likely N-dealkylation sites (N-methyl/N-ethyl adjacent to an activating group) is 1. The maximum absolute atomic E-state index is 12.0. The van der Waals surface area contributed by atoms with Crippen LogP contribution in [-0.2, 0) is 4.79 Å². The van der Waals surface area contributed by atoms with Crippen LogP contribution in [0.5, 0.6) is 0 Å². The molecule has 0 aromatic heterocycles. The van der Waals surface area contributed by atoms with E-state index in [4.69, 9.17) is 0 Å². The van der Waals surface area contributed by atoms with Crippen molar-refractivity contribution in [2.75, 3.05) is 19.6 Å². The minimum Gasteiger partial charge on any atom is -0.353 e. The van der Waals surface area contributed by atoms with Crippen LogP contribution in [-0.4, -0.2) is 37.6 Å². The van der Waals surface area contributed by atoms with Crippen LogP contribution in [0.15, 0.2) is 0 Å². The summed E-state index contributed by atoms with van der Waals surface area (Å²) < 4.78 is 0. The summed E-state index contributed by atoms with van der Waals surface area (Å²) in [6.45, 7) is 4.63. The maximum Gasteiger partial charge on any atom is 0.237 e. The molecule has 3 unspecified atom stereocenters. The first-order chi connectivity index (χ1) is 8.31. The van der Waals surface area contributed by atoms with Crippen molar-refractivity contribution in [3.8, 4) is 0 Å². The third-order valence-corrected chi connectivity index (χ3v) is 4.03. The van der Waals surface area contributed by atoms with Crippen molar-refractivity contribution in [2.45, 2.75) is 51.1 Å². The first kappa shape index (κ1) is 12.8. The largest absolute Gasteiger partial charge is 0.353 e. The first-order valence-corrected chi connectivity index (χ1v) is 7.05. The molecule has 4 heteroatoms. The van der Waals surface area contributed by atoms with Gasteiger partial charge in [0.2, 0.25) is 5.91 Å². The van der Waals surface area contributed by atoms with Crippen molar-refractivity contribution >= 4 is 5.91 Å². The molecule has 2 rings (SSSR count). The topological polar surface area (TPSA) is 53.2 Å². The fourth-order valence-corrected chi connectivity index (χ4v) is 3.10. The molecule has 17 heavy (non-hydrogen) atoms. The van der Waals surface area contributed by atoms with Crippen LogP contribution < -0.4 is 16.0 Å². The predicted octanol–water partition coefficient (Wildman–Crippen LogP) is 0.633. The highest BCUT2D eigenvalue weighted by atomic mass is 16.2. The van der Waals surface area contributed by atoms with Crippen molar-refractivity contribution in [3.05, 3.63) is 0 Å². The lowest BCUT2D eigenvalue weighted by molar-refractivity contribution is -0.122. The average molecular weight is 239 g/mol.